The topological polar surface area (TPSA) is 87.7 Å². The highest BCUT2D eigenvalue weighted by Gasteiger charge is 2.35. The van der Waals surface area contributed by atoms with Gasteiger partial charge < -0.3 is 20.5 Å². The van der Waals surface area contributed by atoms with E-state index in [1.54, 1.807) is 11.8 Å². The first-order valence-electron chi connectivity index (χ1n) is 5.95. The van der Waals surface area contributed by atoms with E-state index < -0.39 is 17.9 Å². The zero-order valence-electron chi connectivity index (χ0n) is 10.6. The molecule has 18 heavy (non-hydrogen) atoms. The summed E-state index contributed by atoms with van der Waals surface area (Å²) in [6.45, 7) is 2.41. The molecule has 2 amide bonds. The predicted molar refractivity (Wildman–Crippen MR) is 69.9 cm³/mol. The normalized spacial score (nSPS) is 24.6. The van der Waals surface area contributed by atoms with Gasteiger partial charge >= 0.3 is 12.0 Å². The second-order valence-electron chi connectivity index (χ2n) is 4.27. The third-order valence-electron chi connectivity index (χ3n) is 2.91. The zero-order chi connectivity index (χ0) is 13.5. The van der Waals surface area contributed by atoms with Crippen molar-refractivity contribution in [1.82, 2.24) is 10.6 Å². The second-order valence-corrected chi connectivity index (χ2v) is 5.18. The van der Waals surface area contributed by atoms with Crippen molar-refractivity contribution in [3.8, 4) is 0 Å². The van der Waals surface area contributed by atoms with E-state index in [9.17, 15) is 9.59 Å². The lowest BCUT2D eigenvalue weighted by Crippen LogP contribution is -2.50. The number of aliphatic carboxylic acids is 1. The van der Waals surface area contributed by atoms with Crippen molar-refractivity contribution in [3.05, 3.63) is 0 Å². The Hall–Kier alpha value is -0.950. The van der Waals surface area contributed by atoms with Gasteiger partial charge in [-0.2, -0.15) is 11.8 Å². The lowest BCUT2D eigenvalue weighted by molar-refractivity contribution is -0.142. The van der Waals surface area contributed by atoms with Crippen LogP contribution in [-0.2, 0) is 9.53 Å². The largest absolute Gasteiger partial charge is 0.481 e. The maximum Gasteiger partial charge on any atom is 0.315 e. The minimum atomic E-state index is -0.936. The minimum Gasteiger partial charge on any atom is -0.481 e. The Kier molecular flexibility index (Phi) is 6.28. The van der Waals surface area contributed by atoms with Crippen LogP contribution in [0.2, 0.25) is 0 Å². The van der Waals surface area contributed by atoms with E-state index in [4.69, 9.17) is 9.84 Å². The Morgan fingerprint density at radius 2 is 2.22 bits per heavy atom. The van der Waals surface area contributed by atoms with Crippen LogP contribution in [0.1, 0.15) is 13.3 Å². The van der Waals surface area contributed by atoms with Gasteiger partial charge in [0.1, 0.15) is 5.92 Å². The fourth-order valence-electron chi connectivity index (χ4n) is 1.80. The summed E-state index contributed by atoms with van der Waals surface area (Å²) in [7, 11) is 0. The van der Waals surface area contributed by atoms with Crippen LogP contribution in [0.15, 0.2) is 0 Å². The number of carboxylic acids is 1. The van der Waals surface area contributed by atoms with Gasteiger partial charge in [-0.1, -0.05) is 6.92 Å². The summed E-state index contributed by atoms with van der Waals surface area (Å²) in [5.41, 5.74) is 0. The monoisotopic (exact) mass is 276 g/mol. The summed E-state index contributed by atoms with van der Waals surface area (Å²) < 4.78 is 5.08. The lowest BCUT2D eigenvalue weighted by Gasteiger charge is -2.20. The molecule has 3 N–H and O–H groups in total. The van der Waals surface area contributed by atoms with Gasteiger partial charge in [0.2, 0.25) is 0 Å². The molecule has 1 rings (SSSR count). The van der Waals surface area contributed by atoms with Crippen LogP contribution in [0, 0.1) is 5.92 Å². The standard InChI is InChI=1S/C11H20N2O4S/c1-3-7(6-18-2)12-11(16)13-9-5-17-4-8(9)10(14)15/h7-9H,3-6H2,1-2H3,(H,14,15)(H2,12,13,16). The molecule has 0 radical (unpaired) electrons. The molecular formula is C11H20N2O4S. The Balaban J connectivity index is 2.41. The van der Waals surface area contributed by atoms with Gasteiger partial charge in [-0.3, -0.25) is 4.79 Å². The van der Waals surface area contributed by atoms with Crippen molar-refractivity contribution >= 4 is 23.8 Å². The van der Waals surface area contributed by atoms with Gasteiger partial charge in [0.15, 0.2) is 0 Å². The van der Waals surface area contributed by atoms with E-state index in [0.29, 0.717) is 0 Å². The number of hydrogen-bond donors (Lipinski definition) is 3. The minimum absolute atomic E-state index is 0.102. The van der Waals surface area contributed by atoms with Crippen LogP contribution in [0.5, 0.6) is 0 Å². The van der Waals surface area contributed by atoms with Crippen LogP contribution in [-0.4, -0.2) is 54.4 Å². The highest BCUT2D eigenvalue weighted by Crippen LogP contribution is 2.13. The predicted octanol–water partition coefficient (Wildman–Crippen LogP) is 0.527. The van der Waals surface area contributed by atoms with E-state index in [0.717, 1.165) is 12.2 Å². The number of carboxylic acid groups (broad SMARTS) is 1. The quantitative estimate of drug-likeness (QED) is 0.658. The molecule has 1 fully saturated rings. The zero-order valence-corrected chi connectivity index (χ0v) is 11.5. The first-order chi connectivity index (χ1) is 8.58. The smallest absolute Gasteiger partial charge is 0.315 e. The van der Waals surface area contributed by atoms with Crippen LogP contribution in [0.4, 0.5) is 4.79 Å². The van der Waals surface area contributed by atoms with E-state index in [1.807, 2.05) is 13.2 Å². The molecule has 0 saturated carbocycles. The number of rotatable bonds is 6. The molecule has 1 aliphatic heterocycles. The summed E-state index contributed by atoms with van der Waals surface area (Å²) in [6.07, 6.45) is 2.82. The molecule has 104 valence electrons. The number of ether oxygens (including phenoxy) is 1. The molecule has 0 spiro atoms. The summed E-state index contributed by atoms with van der Waals surface area (Å²) in [5.74, 6) is -0.752. The number of hydrogen-bond acceptors (Lipinski definition) is 4. The highest BCUT2D eigenvalue weighted by atomic mass is 32.2. The summed E-state index contributed by atoms with van der Waals surface area (Å²) in [4.78, 5) is 22.7. The number of carbonyl (C=O) groups is 2. The van der Waals surface area contributed by atoms with E-state index in [-0.39, 0.29) is 25.3 Å². The molecule has 6 nitrogen and oxygen atoms in total. The molecule has 0 aromatic carbocycles. The molecule has 1 saturated heterocycles. The van der Waals surface area contributed by atoms with Crippen molar-refractivity contribution in [1.29, 1.82) is 0 Å². The fourth-order valence-corrected chi connectivity index (χ4v) is 2.52. The van der Waals surface area contributed by atoms with Gasteiger partial charge in [-0.05, 0) is 12.7 Å². The Morgan fingerprint density at radius 3 is 2.78 bits per heavy atom. The van der Waals surface area contributed by atoms with Gasteiger partial charge in [-0.15, -0.1) is 0 Å². The van der Waals surface area contributed by atoms with Crippen LogP contribution in [0.25, 0.3) is 0 Å². The first-order valence-corrected chi connectivity index (χ1v) is 7.34. The molecule has 0 bridgehead atoms. The third kappa shape index (κ3) is 4.38. The molecule has 1 aliphatic rings. The molecule has 0 aromatic heterocycles. The maximum atomic E-state index is 11.7. The third-order valence-corrected chi connectivity index (χ3v) is 3.65. The number of thioether (sulfide) groups is 1. The molecule has 0 aromatic rings. The highest BCUT2D eigenvalue weighted by molar-refractivity contribution is 7.98. The van der Waals surface area contributed by atoms with Crippen LogP contribution in [0.3, 0.4) is 0 Å². The SMILES string of the molecule is CCC(CSC)NC(=O)NC1COCC1C(=O)O. The first kappa shape index (κ1) is 15.1. The Morgan fingerprint density at radius 1 is 1.50 bits per heavy atom. The fraction of sp³-hybridized carbons (Fsp3) is 0.818. The maximum absolute atomic E-state index is 11.7. The van der Waals surface area contributed by atoms with E-state index in [2.05, 4.69) is 10.6 Å². The number of amides is 2. The number of carbonyl (C=O) groups excluding carboxylic acids is 1. The van der Waals surface area contributed by atoms with Crippen LogP contribution >= 0.6 is 11.8 Å². The molecular weight excluding hydrogens is 256 g/mol. The van der Waals surface area contributed by atoms with Crippen LogP contribution < -0.4 is 10.6 Å². The van der Waals surface area contributed by atoms with Gasteiger partial charge in [-0.25, -0.2) is 4.79 Å². The number of urea groups is 1. The second kappa shape index (κ2) is 7.48. The van der Waals surface area contributed by atoms with Gasteiger partial charge in [0.05, 0.1) is 19.3 Å². The molecule has 3 atom stereocenters. The average Bonchev–Trinajstić information content (AvgIpc) is 2.76. The van der Waals surface area contributed by atoms with Crippen molar-refractivity contribution in [2.45, 2.75) is 25.4 Å². The van der Waals surface area contributed by atoms with E-state index >= 15 is 0 Å². The van der Waals surface area contributed by atoms with Gasteiger partial charge in [0, 0.05) is 11.8 Å². The molecule has 3 unspecified atom stereocenters. The molecule has 0 aliphatic carbocycles. The van der Waals surface area contributed by atoms with Crippen molar-refractivity contribution in [3.63, 3.8) is 0 Å². The summed E-state index contributed by atoms with van der Waals surface area (Å²) >= 11 is 1.66. The van der Waals surface area contributed by atoms with Crippen molar-refractivity contribution in [2.75, 3.05) is 25.2 Å². The summed E-state index contributed by atoms with van der Waals surface area (Å²) in [6, 6.07) is -0.669. The Bertz CT molecular complexity index is 301. The molecule has 7 heteroatoms. The van der Waals surface area contributed by atoms with Gasteiger partial charge in [0.25, 0.3) is 0 Å². The van der Waals surface area contributed by atoms with Crippen molar-refractivity contribution in [2.24, 2.45) is 5.92 Å². The van der Waals surface area contributed by atoms with Crippen molar-refractivity contribution < 1.29 is 19.4 Å². The molecule has 1 heterocycles. The lowest BCUT2D eigenvalue weighted by atomic mass is 10.0. The Labute approximate surface area is 111 Å². The average molecular weight is 276 g/mol. The van der Waals surface area contributed by atoms with E-state index in [1.165, 1.54) is 0 Å². The summed E-state index contributed by atoms with van der Waals surface area (Å²) in [5, 5.41) is 14.5. The number of nitrogens with one attached hydrogen (secondary N) is 2.